The molecule has 2 heterocycles. The first-order valence-corrected chi connectivity index (χ1v) is 16.5. The van der Waals surface area contributed by atoms with E-state index in [-0.39, 0.29) is 25.7 Å². The number of methoxy groups -OCH3 is 1. The Morgan fingerprint density at radius 2 is 1.55 bits per heavy atom. The van der Waals surface area contributed by atoms with Gasteiger partial charge < -0.3 is 37.9 Å². The summed E-state index contributed by atoms with van der Waals surface area (Å²) in [7, 11) is 1.24. The molecule has 14 nitrogen and oxygen atoms in total. The first kappa shape index (κ1) is 34.9. The number of carbonyl (C=O) groups is 6. The summed E-state index contributed by atoms with van der Waals surface area (Å²) >= 11 is 0. The van der Waals surface area contributed by atoms with E-state index < -0.39 is 111 Å². The van der Waals surface area contributed by atoms with Crippen LogP contribution in [0.5, 0.6) is 0 Å². The van der Waals surface area contributed by atoms with Crippen LogP contribution in [0.25, 0.3) is 0 Å². The van der Waals surface area contributed by atoms with E-state index in [1.54, 1.807) is 13.0 Å². The minimum atomic E-state index is -1.89. The Kier molecular flexibility index (Phi) is 8.04. The topological polar surface area (TPSA) is 191 Å². The van der Waals surface area contributed by atoms with Gasteiger partial charge in [0.1, 0.15) is 17.8 Å². The fourth-order valence-electron chi connectivity index (χ4n) is 11.7. The molecule has 1 aromatic rings. The summed E-state index contributed by atoms with van der Waals surface area (Å²) in [6.07, 6.45) is -2.66. The number of furan rings is 1. The molecule has 13 atom stereocenters. The van der Waals surface area contributed by atoms with Crippen LogP contribution in [0.15, 0.2) is 23.0 Å². The summed E-state index contributed by atoms with van der Waals surface area (Å²) in [6, 6.07) is 1.61. The highest BCUT2D eigenvalue weighted by Gasteiger charge is 2.91. The second-order valence-corrected chi connectivity index (χ2v) is 15.2. The van der Waals surface area contributed by atoms with Gasteiger partial charge in [0.15, 0.2) is 11.7 Å². The van der Waals surface area contributed by atoms with Gasteiger partial charge in [0.05, 0.1) is 38.1 Å². The third-order valence-corrected chi connectivity index (χ3v) is 13.0. The first-order chi connectivity index (χ1) is 22.8. The Bertz CT molecular complexity index is 1590. The molecule has 1 saturated heterocycles. The maximum absolute atomic E-state index is 13.6. The molecule has 0 amide bonds. The van der Waals surface area contributed by atoms with Crippen molar-refractivity contribution >= 4 is 35.8 Å². The average Bonchev–Trinajstić information content (AvgIpc) is 3.65. The molecule has 13 unspecified atom stereocenters. The molecule has 0 radical (unpaired) electrons. The molecule has 268 valence electrons. The molecule has 1 aliphatic heterocycles. The van der Waals surface area contributed by atoms with Crippen molar-refractivity contribution in [2.24, 2.45) is 39.9 Å². The van der Waals surface area contributed by atoms with E-state index in [2.05, 4.69) is 0 Å². The second-order valence-electron chi connectivity index (χ2n) is 15.2. The Morgan fingerprint density at radius 1 is 0.918 bits per heavy atom. The van der Waals surface area contributed by atoms with Crippen molar-refractivity contribution in [3.63, 3.8) is 0 Å². The standard InChI is InChI=1S/C35H44O14/c1-16(36)45-29-27-30(46-17(2)37)35(49-19(4)39)22-13-26(42)47-28(20-9-10-44-14-20)32(22,6)24(40)11-23(35)33(7)21(12-25(41)43-8)31(29,5)15-34(27,33)48-18(3)38/h9-10,14,21-24,27-30,40H,11-13,15H2,1-8H3. The Morgan fingerprint density at radius 3 is 2.10 bits per heavy atom. The number of rotatable bonds is 7. The quantitative estimate of drug-likeness (QED) is 0.325. The molecule has 1 aromatic heterocycles. The van der Waals surface area contributed by atoms with Crippen LogP contribution in [-0.4, -0.2) is 77.5 Å². The van der Waals surface area contributed by atoms with E-state index in [0.29, 0.717) is 5.56 Å². The Hall–Kier alpha value is -3.94. The number of aliphatic hydroxyl groups excluding tert-OH is 1. The van der Waals surface area contributed by atoms with Gasteiger partial charge in [0.25, 0.3) is 0 Å². The SMILES string of the molecule is COC(=O)CC1C2(C)CC3(OC(C)=O)C(C2OC(C)=O)C(OC(C)=O)C2(OC(C)=O)C4CC(=O)OC(c5ccoc5)C4(C)C(O)CC2C13C. The van der Waals surface area contributed by atoms with Gasteiger partial charge >= 0.3 is 35.8 Å². The number of hydrogen-bond donors (Lipinski definition) is 1. The summed E-state index contributed by atoms with van der Waals surface area (Å²) in [5.41, 5.74) is -6.74. The van der Waals surface area contributed by atoms with Crippen LogP contribution in [-0.2, 0) is 57.2 Å². The van der Waals surface area contributed by atoms with Crippen LogP contribution in [0.1, 0.15) is 85.8 Å². The second kappa shape index (κ2) is 11.3. The average molecular weight is 689 g/mol. The number of cyclic esters (lactones) is 1. The first-order valence-electron chi connectivity index (χ1n) is 16.5. The molecule has 4 aliphatic carbocycles. The van der Waals surface area contributed by atoms with E-state index in [1.165, 1.54) is 47.3 Å². The Labute approximate surface area is 283 Å². The van der Waals surface area contributed by atoms with Gasteiger partial charge in [-0.1, -0.05) is 20.8 Å². The van der Waals surface area contributed by atoms with Crippen LogP contribution in [0.3, 0.4) is 0 Å². The summed E-state index contributed by atoms with van der Waals surface area (Å²) in [6.45, 7) is 10.2. The van der Waals surface area contributed by atoms with Crippen molar-refractivity contribution in [1.29, 1.82) is 0 Å². The largest absolute Gasteiger partial charge is 0.472 e. The Balaban J connectivity index is 1.72. The van der Waals surface area contributed by atoms with Crippen molar-refractivity contribution in [3.8, 4) is 0 Å². The van der Waals surface area contributed by atoms with E-state index in [4.69, 9.17) is 32.8 Å². The number of aliphatic hydroxyl groups is 1. The fourth-order valence-corrected chi connectivity index (χ4v) is 11.7. The molecule has 5 fully saturated rings. The zero-order valence-electron chi connectivity index (χ0n) is 28.9. The lowest BCUT2D eigenvalue weighted by molar-refractivity contribution is -0.366. The van der Waals surface area contributed by atoms with Crippen LogP contribution in [0.2, 0.25) is 0 Å². The summed E-state index contributed by atoms with van der Waals surface area (Å²) < 4.78 is 41.6. The van der Waals surface area contributed by atoms with Crippen LogP contribution in [0, 0.1) is 39.9 Å². The molecule has 2 bridgehead atoms. The molecular weight excluding hydrogens is 644 g/mol. The third-order valence-electron chi connectivity index (χ3n) is 13.0. The molecular formula is C35H44O14. The lowest BCUT2D eigenvalue weighted by atomic mass is 9.36. The van der Waals surface area contributed by atoms with E-state index >= 15 is 0 Å². The predicted octanol–water partition coefficient (Wildman–Crippen LogP) is 2.98. The van der Waals surface area contributed by atoms with E-state index in [9.17, 15) is 33.9 Å². The van der Waals surface area contributed by atoms with Gasteiger partial charge in [0.2, 0.25) is 0 Å². The highest BCUT2D eigenvalue weighted by molar-refractivity contribution is 5.74. The van der Waals surface area contributed by atoms with Gasteiger partial charge in [-0.05, 0) is 24.8 Å². The van der Waals surface area contributed by atoms with E-state index in [0.717, 1.165) is 0 Å². The molecule has 5 aliphatic rings. The molecule has 0 aromatic carbocycles. The zero-order valence-corrected chi connectivity index (χ0v) is 28.9. The maximum atomic E-state index is 13.6. The highest BCUT2D eigenvalue weighted by atomic mass is 16.6. The third kappa shape index (κ3) is 4.47. The van der Waals surface area contributed by atoms with Gasteiger partial charge in [-0.25, -0.2) is 0 Å². The van der Waals surface area contributed by atoms with E-state index in [1.807, 2.05) is 13.8 Å². The van der Waals surface area contributed by atoms with Crippen LogP contribution in [0.4, 0.5) is 0 Å². The predicted molar refractivity (Wildman–Crippen MR) is 162 cm³/mol. The lowest BCUT2D eigenvalue weighted by Gasteiger charge is -2.73. The smallest absolute Gasteiger partial charge is 0.306 e. The lowest BCUT2D eigenvalue weighted by Crippen LogP contribution is -2.83. The zero-order chi connectivity index (χ0) is 36.1. The molecule has 14 heteroatoms. The van der Waals surface area contributed by atoms with Crippen LogP contribution >= 0.6 is 0 Å². The summed E-state index contributed by atoms with van der Waals surface area (Å²) in [5.74, 6) is -8.07. The molecule has 4 saturated carbocycles. The van der Waals surface area contributed by atoms with Crippen molar-refractivity contribution in [1.82, 2.24) is 0 Å². The normalized spacial score (nSPS) is 44.5. The number of ether oxygens (including phenoxy) is 6. The monoisotopic (exact) mass is 688 g/mol. The van der Waals surface area contributed by atoms with Crippen LogP contribution < -0.4 is 0 Å². The highest BCUT2D eigenvalue weighted by Crippen LogP contribution is 2.83. The number of esters is 6. The molecule has 6 rings (SSSR count). The van der Waals surface area contributed by atoms with Gasteiger partial charge in [-0.2, -0.15) is 0 Å². The number of hydrogen-bond acceptors (Lipinski definition) is 14. The molecule has 1 N–H and O–H groups in total. The van der Waals surface area contributed by atoms with Gasteiger partial charge in [-0.15, -0.1) is 0 Å². The molecule has 0 spiro atoms. The van der Waals surface area contributed by atoms with Crippen molar-refractivity contribution < 1.29 is 66.7 Å². The summed E-state index contributed by atoms with van der Waals surface area (Å²) in [4.78, 5) is 79.5. The maximum Gasteiger partial charge on any atom is 0.306 e. The minimum absolute atomic E-state index is 0.0858. The van der Waals surface area contributed by atoms with Crippen molar-refractivity contribution in [2.45, 2.75) is 110 Å². The van der Waals surface area contributed by atoms with Crippen molar-refractivity contribution in [2.75, 3.05) is 7.11 Å². The summed E-state index contributed by atoms with van der Waals surface area (Å²) in [5, 5.41) is 12.4. The number of carbonyl (C=O) groups excluding carboxylic acids is 6. The van der Waals surface area contributed by atoms with Gasteiger partial charge in [-0.3, -0.25) is 28.8 Å². The number of fused-ring (bicyclic) bond motifs is 5. The minimum Gasteiger partial charge on any atom is -0.472 e. The molecule has 49 heavy (non-hydrogen) atoms. The fraction of sp³-hybridized carbons (Fsp3) is 0.714. The van der Waals surface area contributed by atoms with Gasteiger partial charge in [0, 0.05) is 67.8 Å². The van der Waals surface area contributed by atoms with Crippen molar-refractivity contribution in [3.05, 3.63) is 24.2 Å².